The minimum absolute atomic E-state index is 0.0787. The number of hydrogen-bond acceptors (Lipinski definition) is 2. The molecule has 1 rings (SSSR count). The van der Waals surface area contributed by atoms with Crippen LogP contribution in [-0.2, 0) is 0 Å². The number of aliphatic hydroxyl groups excluding tert-OH is 2. The predicted molar refractivity (Wildman–Crippen MR) is 35.0 cm³/mol. The normalized spacial score (nSPS) is 34.9. The van der Waals surface area contributed by atoms with Crippen LogP contribution in [0.2, 0.25) is 0 Å². The summed E-state index contributed by atoms with van der Waals surface area (Å²) in [6.07, 6.45) is 5.16. The van der Waals surface area contributed by atoms with E-state index < -0.39 is 0 Å². The van der Waals surface area contributed by atoms with Gasteiger partial charge in [-0.3, -0.25) is 0 Å². The van der Waals surface area contributed by atoms with E-state index >= 15 is 0 Å². The van der Waals surface area contributed by atoms with E-state index in [-0.39, 0.29) is 18.6 Å². The van der Waals surface area contributed by atoms with Crippen LogP contribution in [0.3, 0.4) is 0 Å². The van der Waals surface area contributed by atoms with Gasteiger partial charge in [-0.2, -0.15) is 0 Å². The lowest BCUT2D eigenvalue weighted by atomic mass is 9.92. The van der Waals surface area contributed by atoms with Gasteiger partial charge in [0, 0.05) is 12.5 Å². The first-order chi connectivity index (χ1) is 4.34. The summed E-state index contributed by atoms with van der Waals surface area (Å²) in [6, 6.07) is 0. The van der Waals surface area contributed by atoms with Gasteiger partial charge in [0.15, 0.2) is 0 Å². The van der Waals surface area contributed by atoms with Gasteiger partial charge in [-0.25, -0.2) is 0 Å². The lowest BCUT2D eigenvalue weighted by molar-refractivity contribution is 0.0663. The zero-order chi connectivity index (χ0) is 6.69. The summed E-state index contributed by atoms with van der Waals surface area (Å²) in [5.74, 6) is 0.0787. The summed E-state index contributed by atoms with van der Waals surface area (Å²) in [5, 5.41) is 17.8. The molecule has 0 aromatic rings. The Kier molecular flexibility index (Phi) is 2.25. The third-order valence-electron chi connectivity index (χ3n) is 1.76. The molecule has 2 atom stereocenters. The smallest absolute Gasteiger partial charge is 0.0627 e. The van der Waals surface area contributed by atoms with Gasteiger partial charge in [-0.15, -0.1) is 0 Å². The summed E-state index contributed by atoms with van der Waals surface area (Å²) in [4.78, 5) is 0. The predicted octanol–water partition coefficient (Wildman–Crippen LogP) is 0.306. The van der Waals surface area contributed by atoms with E-state index in [0.717, 1.165) is 6.42 Å². The van der Waals surface area contributed by atoms with Gasteiger partial charge >= 0.3 is 0 Å². The van der Waals surface area contributed by atoms with Crippen molar-refractivity contribution in [2.75, 3.05) is 6.61 Å². The van der Waals surface area contributed by atoms with Gasteiger partial charge in [0.2, 0.25) is 0 Å². The van der Waals surface area contributed by atoms with Crippen molar-refractivity contribution in [3.63, 3.8) is 0 Å². The molecule has 0 unspecified atom stereocenters. The van der Waals surface area contributed by atoms with Crippen LogP contribution in [0.4, 0.5) is 0 Å². The topological polar surface area (TPSA) is 40.5 Å². The zero-order valence-electron chi connectivity index (χ0n) is 5.33. The summed E-state index contributed by atoms with van der Waals surface area (Å²) < 4.78 is 0. The molecule has 0 spiro atoms. The Hall–Kier alpha value is -0.340. The van der Waals surface area contributed by atoms with Crippen molar-refractivity contribution in [3.05, 3.63) is 12.2 Å². The second kappa shape index (κ2) is 2.99. The van der Waals surface area contributed by atoms with Crippen LogP contribution < -0.4 is 0 Å². The first kappa shape index (κ1) is 6.78. The van der Waals surface area contributed by atoms with E-state index in [9.17, 15) is 0 Å². The molecule has 0 aromatic carbocycles. The fraction of sp³-hybridized carbons (Fsp3) is 0.714. The molecule has 2 nitrogen and oxygen atoms in total. The zero-order valence-corrected chi connectivity index (χ0v) is 5.33. The maximum absolute atomic E-state index is 9.16. The minimum Gasteiger partial charge on any atom is -0.396 e. The number of hydrogen-bond donors (Lipinski definition) is 2. The average Bonchev–Trinajstić information content (AvgIpc) is 1.89. The Bertz CT molecular complexity index is 109. The molecule has 0 amide bonds. The maximum Gasteiger partial charge on any atom is 0.0627 e. The molecule has 2 heteroatoms. The number of rotatable bonds is 1. The van der Waals surface area contributed by atoms with E-state index in [1.165, 1.54) is 0 Å². The summed E-state index contributed by atoms with van der Waals surface area (Å²) in [7, 11) is 0. The van der Waals surface area contributed by atoms with Crippen molar-refractivity contribution in [1.82, 2.24) is 0 Å². The summed E-state index contributed by atoms with van der Waals surface area (Å²) in [6.45, 7) is 0.103. The van der Waals surface area contributed by atoms with Crippen LogP contribution in [0, 0.1) is 5.92 Å². The molecule has 0 saturated carbocycles. The lowest BCUT2D eigenvalue weighted by Gasteiger charge is -2.21. The Morgan fingerprint density at radius 2 is 2.00 bits per heavy atom. The molecule has 1 aliphatic rings. The highest BCUT2D eigenvalue weighted by Crippen LogP contribution is 2.17. The summed E-state index contributed by atoms with van der Waals surface area (Å²) in [5.41, 5.74) is 0. The lowest BCUT2D eigenvalue weighted by Crippen LogP contribution is -2.24. The standard InChI is InChI=1S/C7H12O2/c8-5-6-3-1-2-4-7(6)9/h1-2,6-9H,3-5H2/t6-,7-/m0/s1. The van der Waals surface area contributed by atoms with Crippen molar-refractivity contribution < 1.29 is 10.2 Å². The van der Waals surface area contributed by atoms with Crippen LogP contribution in [0.15, 0.2) is 12.2 Å². The Morgan fingerprint density at radius 1 is 1.33 bits per heavy atom. The van der Waals surface area contributed by atoms with Crippen molar-refractivity contribution >= 4 is 0 Å². The monoisotopic (exact) mass is 128 g/mol. The fourth-order valence-electron chi connectivity index (χ4n) is 1.05. The molecule has 0 heterocycles. The molecule has 52 valence electrons. The maximum atomic E-state index is 9.16. The number of allylic oxidation sites excluding steroid dienone is 1. The largest absolute Gasteiger partial charge is 0.396 e. The first-order valence-corrected chi connectivity index (χ1v) is 3.28. The van der Waals surface area contributed by atoms with E-state index in [4.69, 9.17) is 10.2 Å². The highest BCUT2D eigenvalue weighted by Gasteiger charge is 2.18. The second-order valence-electron chi connectivity index (χ2n) is 2.45. The molecule has 0 aromatic heterocycles. The average molecular weight is 128 g/mol. The second-order valence-corrected chi connectivity index (χ2v) is 2.45. The van der Waals surface area contributed by atoms with Crippen molar-refractivity contribution in [2.24, 2.45) is 5.92 Å². The number of aliphatic hydroxyl groups is 2. The molecule has 0 aliphatic heterocycles. The third kappa shape index (κ3) is 1.53. The van der Waals surface area contributed by atoms with Crippen LogP contribution in [0.1, 0.15) is 12.8 Å². The molecule has 0 radical (unpaired) electrons. The molecule has 0 bridgehead atoms. The van der Waals surface area contributed by atoms with Gasteiger partial charge in [0.25, 0.3) is 0 Å². The Labute approximate surface area is 54.8 Å². The van der Waals surface area contributed by atoms with Gasteiger partial charge in [-0.05, 0) is 12.8 Å². The third-order valence-corrected chi connectivity index (χ3v) is 1.76. The first-order valence-electron chi connectivity index (χ1n) is 3.28. The molecular weight excluding hydrogens is 116 g/mol. The minimum atomic E-state index is -0.319. The van der Waals surface area contributed by atoms with Gasteiger partial charge < -0.3 is 10.2 Å². The highest BCUT2D eigenvalue weighted by molar-refractivity contribution is 4.94. The SMILES string of the molecule is OC[C@@H]1CC=CC[C@@H]1O. The molecule has 9 heavy (non-hydrogen) atoms. The molecule has 1 aliphatic carbocycles. The van der Waals surface area contributed by atoms with E-state index in [2.05, 4.69) is 0 Å². The van der Waals surface area contributed by atoms with Crippen LogP contribution in [-0.4, -0.2) is 22.9 Å². The van der Waals surface area contributed by atoms with Crippen molar-refractivity contribution in [1.29, 1.82) is 0 Å². The summed E-state index contributed by atoms with van der Waals surface area (Å²) >= 11 is 0. The van der Waals surface area contributed by atoms with Gasteiger partial charge in [-0.1, -0.05) is 12.2 Å². The molecule has 0 fully saturated rings. The van der Waals surface area contributed by atoms with Crippen LogP contribution >= 0.6 is 0 Å². The van der Waals surface area contributed by atoms with Gasteiger partial charge in [0.1, 0.15) is 0 Å². The molecule has 2 N–H and O–H groups in total. The Balaban J connectivity index is 2.43. The molecular formula is C7H12O2. The van der Waals surface area contributed by atoms with E-state index in [0.29, 0.717) is 6.42 Å². The quantitative estimate of drug-likeness (QED) is 0.499. The van der Waals surface area contributed by atoms with E-state index in [1.807, 2.05) is 12.2 Å². The van der Waals surface area contributed by atoms with Crippen LogP contribution in [0.5, 0.6) is 0 Å². The molecule has 0 saturated heterocycles. The highest BCUT2D eigenvalue weighted by atomic mass is 16.3. The Morgan fingerprint density at radius 3 is 2.44 bits per heavy atom. The van der Waals surface area contributed by atoms with E-state index in [1.54, 1.807) is 0 Å². The van der Waals surface area contributed by atoms with Crippen LogP contribution in [0.25, 0.3) is 0 Å². The fourth-order valence-corrected chi connectivity index (χ4v) is 1.05. The van der Waals surface area contributed by atoms with Crippen molar-refractivity contribution in [2.45, 2.75) is 18.9 Å². The van der Waals surface area contributed by atoms with Crippen molar-refractivity contribution in [3.8, 4) is 0 Å². The van der Waals surface area contributed by atoms with Gasteiger partial charge in [0.05, 0.1) is 6.10 Å².